The molecule has 0 bridgehead atoms. The first-order chi connectivity index (χ1) is 17.3. The molecule has 0 aromatic heterocycles. The number of para-hydroxylation sites is 1. The topological polar surface area (TPSA) is 87.7 Å². The minimum absolute atomic E-state index is 0.0866. The van der Waals surface area contributed by atoms with Crippen molar-refractivity contribution >= 4 is 57.1 Å². The third-order valence-corrected chi connectivity index (χ3v) is 6.38. The Kier molecular flexibility index (Phi) is 8.07. The van der Waals surface area contributed by atoms with Crippen LogP contribution in [0, 0.1) is 0 Å². The summed E-state index contributed by atoms with van der Waals surface area (Å²) < 4.78 is 6.54. The van der Waals surface area contributed by atoms with Crippen LogP contribution in [-0.2, 0) is 22.6 Å². The molecule has 184 valence electrons. The number of rotatable bonds is 8. The highest BCUT2D eigenvalue weighted by molar-refractivity contribution is 9.10. The lowest BCUT2D eigenvalue weighted by molar-refractivity contribution is -0.127. The summed E-state index contributed by atoms with van der Waals surface area (Å²) in [6.45, 7) is 1.96. The van der Waals surface area contributed by atoms with Crippen LogP contribution in [0.5, 0.6) is 5.75 Å². The molecule has 0 saturated carbocycles. The van der Waals surface area contributed by atoms with Gasteiger partial charge in [0.05, 0.1) is 4.47 Å². The second-order valence-corrected chi connectivity index (χ2v) is 9.33. The summed E-state index contributed by atoms with van der Waals surface area (Å²) in [6.07, 6.45) is 2.30. The van der Waals surface area contributed by atoms with E-state index >= 15 is 0 Å². The van der Waals surface area contributed by atoms with Gasteiger partial charge in [0.2, 0.25) is 5.91 Å². The normalized spacial score (nSPS) is 14.2. The van der Waals surface area contributed by atoms with Gasteiger partial charge in [-0.05, 0) is 75.4 Å². The first-order valence-corrected chi connectivity index (χ1v) is 12.4. The SMILES string of the molecule is CCc1ccccc1NC(=O)CN1C(=O)N/C(=C/c2ccc(OCc3ccc(Cl)cc3)c(Br)c2)C1=O. The Balaban J connectivity index is 1.40. The number of nitrogens with one attached hydrogen (secondary N) is 2. The molecule has 3 aromatic rings. The van der Waals surface area contributed by atoms with Gasteiger partial charge in [-0.3, -0.25) is 9.59 Å². The Morgan fingerprint density at radius 2 is 1.86 bits per heavy atom. The van der Waals surface area contributed by atoms with Gasteiger partial charge in [0, 0.05) is 10.7 Å². The molecule has 2 N–H and O–H groups in total. The van der Waals surface area contributed by atoms with Gasteiger partial charge in [0.1, 0.15) is 24.6 Å². The Labute approximate surface area is 222 Å². The number of amides is 4. The number of hydrogen-bond acceptors (Lipinski definition) is 4. The molecule has 1 aliphatic rings. The van der Waals surface area contributed by atoms with Gasteiger partial charge in [-0.15, -0.1) is 0 Å². The molecule has 9 heteroatoms. The number of hydrogen-bond donors (Lipinski definition) is 2. The van der Waals surface area contributed by atoms with Crippen LogP contribution in [0.2, 0.25) is 5.02 Å². The van der Waals surface area contributed by atoms with E-state index in [4.69, 9.17) is 16.3 Å². The second-order valence-electron chi connectivity index (χ2n) is 8.04. The lowest BCUT2D eigenvalue weighted by atomic mass is 10.1. The molecule has 4 rings (SSSR count). The largest absolute Gasteiger partial charge is 0.488 e. The summed E-state index contributed by atoms with van der Waals surface area (Å²) in [5.74, 6) is -0.400. The fourth-order valence-corrected chi connectivity index (χ4v) is 4.27. The van der Waals surface area contributed by atoms with Crippen molar-refractivity contribution in [2.75, 3.05) is 11.9 Å². The van der Waals surface area contributed by atoms with Gasteiger partial charge in [-0.1, -0.05) is 54.9 Å². The van der Waals surface area contributed by atoms with Crippen LogP contribution in [0.15, 0.2) is 76.9 Å². The molecular formula is C27H23BrClN3O4. The average Bonchev–Trinajstić information content (AvgIpc) is 3.12. The van der Waals surface area contributed by atoms with E-state index < -0.39 is 17.8 Å². The Morgan fingerprint density at radius 1 is 1.11 bits per heavy atom. The highest BCUT2D eigenvalue weighted by atomic mass is 79.9. The van der Waals surface area contributed by atoms with E-state index in [1.807, 2.05) is 37.3 Å². The molecule has 1 saturated heterocycles. The number of halogens is 2. The van der Waals surface area contributed by atoms with E-state index in [0.717, 1.165) is 22.4 Å². The number of anilines is 1. The van der Waals surface area contributed by atoms with Crippen molar-refractivity contribution in [1.82, 2.24) is 10.2 Å². The monoisotopic (exact) mass is 567 g/mol. The lowest BCUT2D eigenvalue weighted by Gasteiger charge is -2.13. The summed E-state index contributed by atoms with van der Waals surface area (Å²) in [4.78, 5) is 38.6. The van der Waals surface area contributed by atoms with Crippen molar-refractivity contribution in [1.29, 1.82) is 0 Å². The quantitative estimate of drug-likeness (QED) is 0.267. The Bertz CT molecular complexity index is 1340. The van der Waals surface area contributed by atoms with Crippen molar-refractivity contribution in [3.8, 4) is 5.75 Å². The smallest absolute Gasteiger partial charge is 0.329 e. The molecule has 36 heavy (non-hydrogen) atoms. The molecule has 3 aromatic carbocycles. The Morgan fingerprint density at radius 3 is 2.58 bits per heavy atom. The minimum Gasteiger partial charge on any atom is -0.488 e. The van der Waals surface area contributed by atoms with Crippen LogP contribution in [0.4, 0.5) is 10.5 Å². The predicted molar refractivity (Wildman–Crippen MR) is 143 cm³/mol. The van der Waals surface area contributed by atoms with Crippen molar-refractivity contribution in [3.05, 3.63) is 98.6 Å². The first kappa shape index (κ1) is 25.5. The van der Waals surface area contributed by atoms with Crippen molar-refractivity contribution in [2.24, 2.45) is 0 Å². The molecule has 0 radical (unpaired) electrons. The number of ether oxygens (including phenoxy) is 1. The molecular weight excluding hydrogens is 546 g/mol. The molecule has 1 fully saturated rings. The zero-order valence-electron chi connectivity index (χ0n) is 19.4. The summed E-state index contributed by atoms with van der Waals surface area (Å²) in [5.41, 5.74) is 3.36. The Hall–Kier alpha value is -3.62. The standard InChI is InChI=1S/C27H23BrClN3O4/c1-2-19-5-3-4-6-22(19)30-25(33)15-32-26(34)23(31-27(32)35)14-18-9-12-24(21(28)13-18)36-16-17-7-10-20(29)11-8-17/h3-14H,2,15-16H2,1H3,(H,30,33)(H,31,35)/b23-14+. The molecule has 1 heterocycles. The number of benzene rings is 3. The molecule has 0 aliphatic carbocycles. The maximum absolute atomic E-state index is 12.8. The number of nitrogens with zero attached hydrogens (tertiary/aromatic N) is 1. The van der Waals surface area contributed by atoms with Gasteiger partial charge < -0.3 is 15.4 Å². The van der Waals surface area contributed by atoms with Gasteiger partial charge in [-0.2, -0.15) is 0 Å². The van der Waals surface area contributed by atoms with Gasteiger partial charge in [0.25, 0.3) is 5.91 Å². The second kappa shape index (κ2) is 11.4. The van der Waals surface area contributed by atoms with E-state index in [2.05, 4.69) is 26.6 Å². The number of imide groups is 1. The summed E-state index contributed by atoms with van der Waals surface area (Å²) in [7, 11) is 0. The number of carbonyl (C=O) groups is 3. The summed E-state index contributed by atoms with van der Waals surface area (Å²) in [6, 6.07) is 19.4. The number of carbonyl (C=O) groups excluding carboxylic acids is 3. The first-order valence-electron chi connectivity index (χ1n) is 11.2. The van der Waals surface area contributed by atoms with Crippen LogP contribution in [0.25, 0.3) is 6.08 Å². The van der Waals surface area contributed by atoms with Crippen LogP contribution >= 0.6 is 27.5 Å². The van der Waals surface area contributed by atoms with Crippen LogP contribution < -0.4 is 15.4 Å². The lowest BCUT2D eigenvalue weighted by Crippen LogP contribution is -2.38. The average molecular weight is 569 g/mol. The van der Waals surface area contributed by atoms with E-state index in [9.17, 15) is 14.4 Å². The van der Waals surface area contributed by atoms with Crippen LogP contribution in [0.1, 0.15) is 23.6 Å². The molecule has 1 aliphatic heterocycles. The van der Waals surface area contributed by atoms with Gasteiger partial charge in [0.15, 0.2) is 0 Å². The molecule has 4 amide bonds. The van der Waals surface area contributed by atoms with Crippen molar-refractivity contribution in [2.45, 2.75) is 20.0 Å². The molecule has 7 nitrogen and oxygen atoms in total. The van der Waals surface area contributed by atoms with E-state index in [1.54, 1.807) is 42.5 Å². The van der Waals surface area contributed by atoms with Crippen molar-refractivity contribution in [3.63, 3.8) is 0 Å². The maximum atomic E-state index is 12.8. The fourth-order valence-electron chi connectivity index (χ4n) is 3.63. The van der Waals surface area contributed by atoms with Gasteiger partial charge >= 0.3 is 6.03 Å². The van der Waals surface area contributed by atoms with E-state index in [-0.39, 0.29) is 12.2 Å². The highest BCUT2D eigenvalue weighted by Crippen LogP contribution is 2.28. The zero-order chi connectivity index (χ0) is 25.7. The maximum Gasteiger partial charge on any atom is 0.329 e. The number of aryl methyl sites for hydroxylation is 1. The molecule has 0 atom stereocenters. The van der Waals surface area contributed by atoms with Crippen molar-refractivity contribution < 1.29 is 19.1 Å². The minimum atomic E-state index is -0.646. The summed E-state index contributed by atoms with van der Waals surface area (Å²) >= 11 is 9.40. The van der Waals surface area contributed by atoms with Crippen LogP contribution in [0.3, 0.4) is 0 Å². The highest BCUT2D eigenvalue weighted by Gasteiger charge is 2.35. The molecule has 0 spiro atoms. The fraction of sp³-hybridized carbons (Fsp3) is 0.148. The zero-order valence-corrected chi connectivity index (χ0v) is 21.7. The third kappa shape index (κ3) is 6.13. The predicted octanol–water partition coefficient (Wildman–Crippen LogP) is 5.78. The van der Waals surface area contributed by atoms with Crippen LogP contribution in [-0.4, -0.2) is 29.3 Å². The van der Waals surface area contributed by atoms with E-state index in [0.29, 0.717) is 33.1 Å². The van der Waals surface area contributed by atoms with Gasteiger partial charge in [-0.25, -0.2) is 9.69 Å². The summed E-state index contributed by atoms with van der Waals surface area (Å²) in [5, 5.41) is 5.97. The third-order valence-electron chi connectivity index (χ3n) is 5.51. The van der Waals surface area contributed by atoms with E-state index in [1.165, 1.54) is 0 Å². The molecule has 0 unspecified atom stereocenters. The number of urea groups is 1.